The Morgan fingerprint density at radius 2 is 1.67 bits per heavy atom. The average Bonchev–Trinajstić information content (AvgIpc) is 2.64. The maximum atomic E-state index is 12.1. The first-order valence-corrected chi connectivity index (χ1v) is 7.18. The van der Waals surface area contributed by atoms with Crippen molar-refractivity contribution in [3.05, 3.63) is 0 Å². The maximum Gasteiger partial charge on any atom is 0.223 e. The summed E-state index contributed by atoms with van der Waals surface area (Å²) in [4.78, 5) is 12.1. The summed E-state index contributed by atoms with van der Waals surface area (Å²) in [7, 11) is 0. The van der Waals surface area contributed by atoms with Crippen molar-refractivity contribution < 1.29 is 4.79 Å². The van der Waals surface area contributed by atoms with Gasteiger partial charge in [-0.05, 0) is 25.7 Å². The second kappa shape index (κ2) is 8.76. The third-order valence-electron chi connectivity index (χ3n) is 4.25. The molecule has 1 saturated carbocycles. The van der Waals surface area contributed by atoms with E-state index >= 15 is 0 Å². The minimum atomic E-state index is -0.222. The van der Waals surface area contributed by atoms with E-state index in [2.05, 4.69) is 19.2 Å². The molecule has 18 heavy (non-hydrogen) atoms. The Kier molecular flexibility index (Phi) is 8.62. The molecule has 0 radical (unpaired) electrons. The lowest BCUT2D eigenvalue weighted by molar-refractivity contribution is -0.125. The molecule has 0 aromatic heterocycles. The van der Waals surface area contributed by atoms with Gasteiger partial charge in [-0.2, -0.15) is 0 Å². The van der Waals surface area contributed by atoms with Crippen LogP contribution in [0.3, 0.4) is 0 Å². The lowest BCUT2D eigenvalue weighted by Crippen LogP contribution is -2.50. The van der Waals surface area contributed by atoms with E-state index in [1.165, 1.54) is 25.7 Å². The molecular formula is C14H29ClN2O. The van der Waals surface area contributed by atoms with Crippen molar-refractivity contribution in [2.45, 2.75) is 70.8 Å². The van der Waals surface area contributed by atoms with Gasteiger partial charge in [0.25, 0.3) is 0 Å². The van der Waals surface area contributed by atoms with Gasteiger partial charge in [0.2, 0.25) is 5.91 Å². The van der Waals surface area contributed by atoms with Crippen LogP contribution in [-0.4, -0.2) is 18.0 Å². The summed E-state index contributed by atoms with van der Waals surface area (Å²) < 4.78 is 0. The molecule has 0 heterocycles. The van der Waals surface area contributed by atoms with Gasteiger partial charge >= 0.3 is 0 Å². The van der Waals surface area contributed by atoms with E-state index in [1.54, 1.807) is 0 Å². The van der Waals surface area contributed by atoms with Crippen LogP contribution in [0.5, 0.6) is 0 Å². The summed E-state index contributed by atoms with van der Waals surface area (Å²) >= 11 is 0. The minimum Gasteiger partial charge on any atom is -0.354 e. The quantitative estimate of drug-likeness (QED) is 0.759. The van der Waals surface area contributed by atoms with Gasteiger partial charge in [0, 0.05) is 18.0 Å². The first-order chi connectivity index (χ1) is 8.11. The third-order valence-corrected chi connectivity index (χ3v) is 4.25. The molecule has 1 amide bonds. The fourth-order valence-corrected chi connectivity index (χ4v) is 2.45. The number of hydrogen-bond donors (Lipinski definition) is 2. The smallest absolute Gasteiger partial charge is 0.223 e. The molecular weight excluding hydrogens is 248 g/mol. The zero-order valence-electron chi connectivity index (χ0n) is 11.8. The molecule has 1 aliphatic carbocycles. The van der Waals surface area contributed by atoms with Crippen LogP contribution in [0.2, 0.25) is 0 Å². The van der Waals surface area contributed by atoms with Crippen molar-refractivity contribution in [3.63, 3.8) is 0 Å². The summed E-state index contributed by atoms with van der Waals surface area (Å²) in [6.45, 7) is 4.79. The molecule has 1 fully saturated rings. The van der Waals surface area contributed by atoms with Crippen LogP contribution >= 0.6 is 12.4 Å². The highest BCUT2D eigenvalue weighted by molar-refractivity contribution is 5.85. The Bertz CT molecular complexity index is 234. The number of nitrogens with one attached hydrogen (secondary N) is 1. The highest BCUT2D eigenvalue weighted by Crippen LogP contribution is 2.23. The number of amides is 1. The van der Waals surface area contributed by atoms with Crippen molar-refractivity contribution in [2.24, 2.45) is 11.7 Å². The van der Waals surface area contributed by atoms with E-state index < -0.39 is 0 Å². The van der Waals surface area contributed by atoms with E-state index in [0.717, 1.165) is 25.7 Å². The van der Waals surface area contributed by atoms with E-state index in [9.17, 15) is 4.79 Å². The predicted octanol–water partition coefficient (Wildman–Crippen LogP) is 3.01. The molecule has 108 valence electrons. The largest absolute Gasteiger partial charge is 0.354 e. The first-order valence-electron chi connectivity index (χ1n) is 7.18. The Hall–Kier alpha value is -0.280. The standard InChI is InChI=1S/C14H28N2O.ClH/c1-3-14(15,4-2)11-16-13(17)12-9-7-5-6-8-10-12;/h12H,3-11,15H2,1-2H3,(H,16,17);1H. The lowest BCUT2D eigenvalue weighted by Gasteiger charge is -2.27. The summed E-state index contributed by atoms with van der Waals surface area (Å²) in [5.41, 5.74) is 5.97. The second-order valence-corrected chi connectivity index (χ2v) is 5.48. The molecule has 4 heteroatoms. The van der Waals surface area contributed by atoms with E-state index in [-0.39, 0.29) is 29.8 Å². The molecule has 0 bridgehead atoms. The van der Waals surface area contributed by atoms with Gasteiger partial charge in [-0.25, -0.2) is 0 Å². The number of carbonyl (C=O) groups is 1. The highest BCUT2D eigenvalue weighted by atomic mass is 35.5. The summed E-state index contributed by atoms with van der Waals surface area (Å²) in [6, 6.07) is 0. The Morgan fingerprint density at radius 3 is 2.11 bits per heavy atom. The van der Waals surface area contributed by atoms with Crippen LogP contribution in [0, 0.1) is 5.92 Å². The molecule has 0 aromatic rings. The average molecular weight is 277 g/mol. The van der Waals surface area contributed by atoms with Crippen LogP contribution in [-0.2, 0) is 4.79 Å². The van der Waals surface area contributed by atoms with Gasteiger partial charge in [0.05, 0.1) is 0 Å². The zero-order valence-corrected chi connectivity index (χ0v) is 12.7. The van der Waals surface area contributed by atoms with Crippen molar-refractivity contribution in [2.75, 3.05) is 6.54 Å². The summed E-state index contributed by atoms with van der Waals surface area (Å²) in [5, 5.41) is 3.06. The van der Waals surface area contributed by atoms with Crippen LogP contribution in [0.4, 0.5) is 0 Å². The normalized spacial score (nSPS) is 17.7. The van der Waals surface area contributed by atoms with Gasteiger partial charge in [-0.15, -0.1) is 12.4 Å². The fraction of sp³-hybridized carbons (Fsp3) is 0.929. The molecule has 0 saturated heterocycles. The maximum absolute atomic E-state index is 12.1. The molecule has 0 aromatic carbocycles. The van der Waals surface area contributed by atoms with Gasteiger partial charge in [-0.3, -0.25) is 4.79 Å². The van der Waals surface area contributed by atoms with Crippen molar-refractivity contribution >= 4 is 18.3 Å². The number of rotatable bonds is 5. The fourth-order valence-electron chi connectivity index (χ4n) is 2.45. The molecule has 0 atom stereocenters. The van der Waals surface area contributed by atoms with E-state index in [1.807, 2.05) is 0 Å². The number of nitrogens with two attached hydrogens (primary N) is 1. The lowest BCUT2D eigenvalue weighted by atomic mass is 9.93. The molecule has 3 nitrogen and oxygen atoms in total. The van der Waals surface area contributed by atoms with Gasteiger partial charge < -0.3 is 11.1 Å². The molecule has 3 N–H and O–H groups in total. The predicted molar refractivity (Wildman–Crippen MR) is 79.0 cm³/mol. The van der Waals surface area contributed by atoms with Crippen LogP contribution < -0.4 is 11.1 Å². The monoisotopic (exact) mass is 276 g/mol. The number of carbonyl (C=O) groups excluding carboxylic acids is 1. The Morgan fingerprint density at radius 1 is 1.17 bits per heavy atom. The van der Waals surface area contributed by atoms with Crippen LogP contribution in [0.15, 0.2) is 0 Å². The molecule has 1 rings (SSSR count). The molecule has 0 unspecified atom stereocenters. The summed E-state index contributed by atoms with van der Waals surface area (Å²) in [6.07, 6.45) is 8.91. The van der Waals surface area contributed by atoms with Crippen molar-refractivity contribution in [1.29, 1.82) is 0 Å². The SMILES string of the molecule is CCC(N)(CC)CNC(=O)C1CCCCCC1.Cl. The number of hydrogen-bond acceptors (Lipinski definition) is 2. The van der Waals surface area contributed by atoms with Crippen molar-refractivity contribution in [1.82, 2.24) is 5.32 Å². The van der Waals surface area contributed by atoms with Gasteiger partial charge in [0.1, 0.15) is 0 Å². The van der Waals surface area contributed by atoms with E-state index in [0.29, 0.717) is 6.54 Å². The van der Waals surface area contributed by atoms with Crippen molar-refractivity contribution in [3.8, 4) is 0 Å². The van der Waals surface area contributed by atoms with Crippen LogP contribution in [0.1, 0.15) is 65.2 Å². The first kappa shape index (κ1) is 17.7. The zero-order chi connectivity index (χ0) is 12.7. The van der Waals surface area contributed by atoms with E-state index in [4.69, 9.17) is 5.73 Å². The highest BCUT2D eigenvalue weighted by Gasteiger charge is 2.24. The second-order valence-electron chi connectivity index (χ2n) is 5.48. The summed E-state index contributed by atoms with van der Waals surface area (Å²) in [5.74, 6) is 0.457. The molecule has 0 spiro atoms. The Labute approximate surface area is 118 Å². The number of halogens is 1. The Balaban J connectivity index is 0.00000289. The topological polar surface area (TPSA) is 55.1 Å². The van der Waals surface area contributed by atoms with Gasteiger partial charge in [0.15, 0.2) is 0 Å². The molecule has 0 aliphatic heterocycles. The molecule has 1 aliphatic rings. The van der Waals surface area contributed by atoms with Gasteiger partial charge in [-0.1, -0.05) is 39.5 Å². The van der Waals surface area contributed by atoms with Crippen LogP contribution in [0.25, 0.3) is 0 Å². The third kappa shape index (κ3) is 5.57. The minimum absolute atomic E-state index is 0.